The Morgan fingerprint density at radius 1 is 1.45 bits per heavy atom. The van der Waals surface area contributed by atoms with Crippen LogP contribution in [0.4, 0.5) is 8.78 Å². The highest BCUT2D eigenvalue weighted by atomic mass is 19.1. The summed E-state index contributed by atoms with van der Waals surface area (Å²) >= 11 is 0. The van der Waals surface area contributed by atoms with E-state index in [2.05, 4.69) is 4.98 Å². The van der Waals surface area contributed by atoms with E-state index in [1.54, 1.807) is 0 Å². The number of rotatable bonds is 3. The van der Waals surface area contributed by atoms with E-state index in [9.17, 15) is 8.78 Å². The van der Waals surface area contributed by atoms with Gasteiger partial charge in [0.2, 0.25) is 5.95 Å². The van der Waals surface area contributed by atoms with E-state index in [1.807, 2.05) is 0 Å². The molecule has 0 spiro atoms. The first-order chi connectivity index (χ1) is 5.33. The lowest BCUT2D eigenvalue weighted by Gasteiger charge is -2.00. The van der Waals surface area contributed by atoms with Crippen molar-refractivity contribution in [2.24, 2.45) is 0 Å². The van der Waals surface area contributed by atoms with Crippen molar-refractivity contribution in [2.45, 2.75) is 0 Å². The number of halogens is 2. The van der Waals surface area contributed by atoms with Gasteiger partial charge in [0.15, 0.2) is 0 Å². The topological polar surface area (TPSA) is 22.1 Å². The summed E-state index contributed by atoms with van der Waals surface area (Å²) in [6.45, 7) is -0.579. The fourth-order valence-electron chi connectivity index (χ4n) is 0.604. The number of hydrogen-bond acceptors (Lipinski definition) is 2. The van der Waals surface area contributed by atoms with Crippen LogP contribution in [0.25, 0.3) is 0 Å². The summed E-state index contributed by atoms with van der Waals surface area (Å²) in [5, 5.41) is 0. The van der Waals surface area contributed by atoms with Gasteiger partial charge >= 0.3 is 0 Å². The van der Waals surface area contributed by atoms with Crippen molar-refractivity contribution in [3.05, 3.63) is 24.3 Å². The van der Waals surface area contributed by atoms with Crippen LogP contribution < -0.4 is 4.74 Å². The molecule has 1 rings (SSSR count). The van der Waals surface area contributed by atoms with Crippen molar-refractivity contribution in [3.63, 3.8) is 0 Å². The van der Waals surface area contributed by atoms with Crippen LogP contribution >= 0.6 is 0 Å². The quantitative estimate of drug-likeness (QED) is 0.624. The Bertz CT molecular complexity index is 212. The van der Waals surface area contributed by atoms with Crippen LogP contribution in [-0.2, 0) is 0 Å². The van der Waals surface area contributed by atoms with Gasteiger partial charge in [-0.1, -0.05) is 0 Å². The summed E-state index contributed by atoms with van der Waals surface area (Å²) in [4.78, 5) is 3.32. The van der Waals surface area contributed by atoms with Crippen molar-refractivity contribution in [3.8, 4) is 5.75 Å². The molecule has 60 valence electrons. The standard InChI is InChI=1S/C7H7F2NO/c8-3-4-11-6-1-2-7(9)10-5-6/h1-2,5H,3-4H2. The molecule has 0 fully saturated rings. The molecular weight excluding hydrogens is 152 g/mol. The fourth-order valence-corrected chi connectivity index (χ4v) is 0.604. The summed E-state index contributed by atoms with van der Waals surface area (Å²) < 4.78 is 28.5. The Morgan fingerprint density at radius 2 is 2.27 bits per heavy atom. The molecule has 0 radical (unpaired) electrons. The lowest BCUT2D eigenvalue weighted by Crippen LogP contribution is -1.98. The summed E-state index contributed by atoms with van der Waals surface area (Å²) in [7, 11) is 0. The summed E-state index contributed by atoms with van der Waals surface area (Å²) in [5.74, 6) is -0.193. The van der Waals surface area contributed by atoms with Gasteiger partial charge in [-0.3, -0.25) is 0 Å². The predicted molar refractivity (Wildman–Crippen MR) is 35.7 cm³/mol. The Kier molecular flexibility index (Phi) is 2.77. The number of nitrogens with zero attached hydrogens (tertiary/aromatic N) is 1. The molecule has 0 bridgehead atoms. The van der Waals surface area contributed by atoms with Crippen molar-refractivity contribution < 1.29 is 13.5 Å². The first-order valence-electron chi connectivity index (χ1n) is 3.13. The van der Waals surface area contributed by atoms with Gasteiger partial charge in [-0.25, -0.2) is 9.37 Å². The summed E-state index contributed by atoms with van der Waals surface area (Å²) in [6, 6.07) is 2.56. The molecule has 0 saturated heterocycles. The maximum absolute atomic E-state index is 12.2. The van der Waals surface area contributed by atoms with Crippen LogP contribution in [-0.4, -0.2) is 18.3 Å². The number of aromatic nitrogens is 1. The second-order valence-electron chi connectivity index (χ2n) is 1.85. The van der Waals surface area contributed by atoms with Gasteiger partial charge in [0.1, 0.15) is 19.0 Å². The van der Waals surface area contributed by atoms with E-state index in [4.69, 9.17) is 4.74 Å². The monoisotopic (exact) mass is 159 g/mol. The highest BCUT2D eigenvalue weighted by molar-refractivity contribution is 5.15. The molecule has 0 amide bonds. The minimum atomic E-state index is -0.572. The maximum atomic E-state index is 12.2. The van der Waals surface area contributed by atoms with Gasteiger partial charge in [0, 0.05) is 0 Å². The van der Waals surface area contributed by atoms with E-state index in [0.29, 0.717) is 5.75 Å². The molecular formula is C7H7F2NO. The van der Waals surface area contributed by atoms with E-state index in [-0.39, 0.29) is 6.61 Å². The molecule has 0 aliphatic heterocycles. The Balaban J connectivity index is 2.52. The predicted octanol–water partition coefficient (Wildman–Crippen LogP) is 1.57. The third kappa shape index (κ3) is 2.49. The SMILES string of the molecule is FCCOc1ccc(F)nc1. The van der Waals surface area contributed by atoms with Crippen molar-refractivity contribution in [1.29, 1.82) is 0 Å². The van der Waals surface area contributed by atoms with Crippen LogP contribution in [0.3, 0.4) is 0 Å². The van der Waals surface area contributed by atoms with E-state index < -0.39 is 12.6 Å². The van der Waals surface area contributed by atoms with Gasteiger partial charge in [0.25, 0.3) is 0 Å². The van der Waals surface area contributed by atoms with Crippen LogP contribution in [0.5, 0.6) is 5.75 Å². The lowest BCUT2D eigenvalue weighted by molar-refractivity contribution is 0.272. The van der Waals surface area contributed by atoms with Crippen LogP contribution in [0.1, 0.15) is 0 Å². The average molecular weight is 159 g/mol. The molecule has 0 atom stereocenters. The smallest absolute Gasteiger partial charge is 0.213 e. The molecule has 0 unspecified atom stereocenters. The Hall–Kier alpha value is -1.19. The second-order valence-corrected chi connectivity index (χ2v) is 1.85. The normalized spacial score (nSPS) is 9.64. The number of alkyl halides is 1. The van der Waals surface area contributed by atoms with Gasteiger partial charge in [-0.15, -0.1) is 0 Å². The van der Waals surface area contributed by atoms with E-state index in [0.717, 1.165) is 6.07 Å². The van der Waals surface area contributed by atoms with Gasteiger partial charge < -0.3 is 4.74 Å². The number of ether oxygens (including phenoxy) is 1. The third-order valence-corrected chi connectivity index (χ3v) is 1.05. The first-order valence-corrected chi connectivity index (χ1v) is 3.13. The summed E-state index contributed by atoms with van der Waals surface area (Å²) in [6.07, 6.45) is 1.21. The molecule has 0 aliphatic carbocycles. The Morgan fingerprint density at radius 3 is 2.82 bits per heavy atom. The second kappa shape index (κ2) is 3.85. The minimum absolute atomic E-state index is 0.0205. The molecule has 1 aromatic rings. The highest BCUT2D eigenvalue weighted by Gasteiger charge is 1.93. The molecule has 11 heavy (non-hydrogen) atoms. The lowest BCUT2D eigenvalue weighted by atomic mass is 10.4. The number of hydrogen-bond donors (Lipinski definition) is 0. The van der Waals surface area contributed by atoms with Crippen LogP contribution in [0.15, 0.2) is 18.3 Å². The largest absolute Gasteiger partial charge is 0.489 e. The zero-order chi connectivity index (χ0) is 8.10. The van der Waals surface area contributed by atoms with Crippen molar-refractivity contribution >= 4 is 0 Å². The van der Waals surface area contributed by atoms with Gasteiger partial charge in [-0.2, -0.15) is 4.39 Å². The zero-order valence-electron chi connectivity index (χ0n) is 5.76. The van der Waals surface area contributed by atoms with E-state index in [1.165, 1.54) is 12.3 Å². The molecule has 1 heterocycles. The molecule has 0 aromatic carbocycles. The first kappa shape index (κ1) is 7.91. The molecule has 0 N–H and O–H groups in total. The molecule has 1 aromatic heterocycles. The van der Waals surface area contributed by atoms with Crippen LogP contribution in [0, 0.1) is 5.95 Å². The van der Waals surface area contributed by atoms with Crippen molar-refractivity contribution in [2.75, 3.05) is 13.3 Å². The molecule has 0 aliphatic rings. The number of pyridine rings is 1. The molecule has 4 heteroatoms. The average Bonchev–Trinajstić information content (AvgIpc) is 2.04. The third-order valence-electron chi connectivity index (χ3n) is 1.05. The Labute approximate surface area is 62.8 Å². The molecule has 0 saturated carbocycles. The van der Waals surface area contributed by atoms with Crippen LogP contribution in [0.2, 0.25) is 0 Å². The molecule has 2 nitrogen and oxygen atoms in total. The fraction of sp³-hybridized carbons (Fsp3) is 0.286. The minimum Gasteiger partial charge on any atom is -0.489 e. The highest BCUT2D eigenvalue weighted by Crippen LogP contribution is 2.07. The van der Waals surface area contributed by atoms with E-state index >= 15 is 0 Å². The maximum Gasteiger partial charge on any atom is 0.213 e. The summed E-state index contributed by atoms with van der Waals surface area (Å²) in [5.41, 5.74) is 0. The van der Waals surface area contributed by atoms with Gasteiger partial charge in [0.05, 0.1) is 6.20 Å². The van der Waals surface area contributed by atoms with Gasteiger partial charge in [-0.05, 0) is 12.1 Å². The zero-order valence-corrected chi connectivity index (χ0v) is 5.76. The van der Waals surface area contributed by atoms with Crippen molar-refractivity contribution in [1.82, 2.24) is 4.98 Å².